The standard InChI is InChI=1S/C9H6Br2O2.CH5NO/c10-7-3-1-6(2-4-7)9(13)8(11)5-12;1-3-2/h1-5,8H;2H2,1H3. The van der Waals surface area contributed by atoms with Crippen molar-refractivity contribution in [2.24, 2.45) is 5.90 Å². The molecule has 0 bridgehead atoms. The van der Waals surface area contributed by atoms with Crippen LogP contribution in [0.25, 0.3) is 0 Å². The Morgan fingerprint density at radius 1 is 1.44 bits per heavy atom. The predicted octanol–water partition coefficient (Wildman–Crippen LogP) is 2.10. The molecule has 1 atom stereocenters. The molecule has 0 aromatic heterocycles. The first-order chi connectivity index (χ1) is 7.56. The monoisotopic (exact) mass is 351 g/mol. The van der Waals surface area contributed by atoms with E-state index in [9.17, 15) is 9.59 Å². The molecule has 1 rings (SSSR count). The van der Waals surface area contributed by atoms with Crippen molar-refractivity contribution in [3.05, 3.63) is 34.3 Å². The number of carbonyl (C=O) groups is 2. The third-order valence-corrected chi connectivity index (χ3v) is 2.66. The number of Topliss-reactive ketones (excluding diaryl/α,β-unsaturated/α-hetero) is 1. The van der Waals surface area contributed by atoms with Crippen molar-refractivity contribution in [3.8, 4) is 0 Å². The van der Waals surface area contributed by atoms with Crippen molar-refractivity contribution >= 4 is 43.9 Å². The van der Waals surface area contributed by atoms with Gasteiger partial charge in [-0.1, -0.05) is 44.0 Å². The quantitative estimate of drug-likeness (QED) is 0.297. The van der Waals surface area contributed by atoms with Gasteiger partial charge >= 0.3 is 0 Å². The molecule has 0 aliphatic heterocycles. The van der Waals surface area contributed by atoms with Crippen LogP contribution in [0.5, 0.6) is 0 Å². The minimum absolute atomic E-state index is 0.220. The molecule has 0 amide bonds. The smallest absolute Gasteiger partial charge is 0.183 e. The normalized spacial score (nSPS) is 11.0. The van der Waals surface area contributed by atoms with Crippen molar-refractivity contribution in [1.29, 1.82) is 0 Å². The number of carbonyl (C=O) groups excluding carboxylic acids is 2. The summed E-state index contributed by atoms with van der Waals surface area (Å²) in [6.45, 7) is 0. The molecule has 2 N–H and O–H groups in total. The van der Waals surface area contributed by atoms with E-state index in [0.29, 0.717) is 11.8 Å². The maximum absolute atomic E-state index is 11.4. The van der Waals surface area contributed by atoms with Crippen molar-refractivity contribution in [1.82, 2.24) is 0 Å². The topological polar surface area (TPSA) is 69.4 Å². The van der Waals surface area contributed by atoms with Crippen molar-refractivity contribution in [2.45, 2.75) is 4.83 Å². The maximum Gasteiger partial charge on any atom is 0.183 e. The Kier molecular flexibility index (Phi) is 8.28. The van der Waals surface area contributed by atoms with E-state index in [2.05, 4.69) is 42.6 Å². The Balaban J connectivity index is 0.000000673. The highest BCUT2D eigenvalue weighted by Crippen LogP contribution is 2.13. The molecule has 1 aromatic rings. The van der Waals surface area contributed by atoms with Gasteiger partial charge in [-0.3, -0.25) is 4.79 Å². The van der Waals surface area contributed by atoms with Crippen molar-refractivity contribution in [3.63, 3.8) is 0 Å². The van der Waals surface area contributed by atoms with Gasteiger partial charge in [0.25, 0.3) is 0 Å². The zero-order valence-corrected chi connectivity index (χ0v) is 11.7. The summed E-state index contributed by atoms with van der Waals surface area (Å²) in [5.74, 6) is 4.13. The molecule has 0 saturated heterocycles. The fourth-order valence-electron chi connectivity index (χ4n) is 0.835. The van der Waals surface area contributed by atoms with Crippen LogP contribution < -0.4 is 5.90 Å². The number of hydrogen-bond acceptors (Lipinski definition) is 4. The first-order valence-corrected chi connectivity index (χ1v) is 5.89. The van der Waals surface area contributed by atoms with Gasteiger partial charge in [0.15, 0.2) is 5.78 Å². The second-order valence-electron chi connectivity index (χ2n) is 2.64. The number of benzene rings is 1. The molecule has 0 aliphatic rings. The summed E-state index contributed by atoms with van der Waals surface area (Å²) < 4.78 is 0.904. The Morgan fingerprint density at radius 2 is 1.88 bits per heavy atom. The molecule has 0 aliphatic carbocycles. The van der Waals surface area contributed by atoms with Crippen LogP contribution in [0.1, 0.15) is 10.4 Å². The third-order valence-electron chi connectivity index (χ3n) is 1.50. The van der Waals surface area contributed by atoms with E-state index in [1.807, 2.05) is 0 Å². The minimum atomic E-state index is -0.742. The summed E-state index contributed by atoms with van der Waals surface area (Å²) in [7, 11) is 1.40. The van der Waals surface area contributed by atoms with E-state index in [1.165, 1.54) is 7.11 Å². The number of aldehydes is 1. The van der Waals surface area contributed by atoms with Crippen LogP contribution >= 0.6 is 31.9 Å². The van der Waals surface area contributed by atoms with Crippen molar-refractivity contribution in [2.75, 3.05) is 7.11 Å². The molecular formula is C10H11Br2NO3. The first kappa shape index (κ1) is 15.4. The van der Waals surface area contributed by atoms with Gasteiger partial charge < -0.3 is 9.63 Å². The first-order valence-electron chi connectivity index (χ1n) is 4.18. The summed E-state index contributed by atoms with van der Waals surface area (Å²) >= 11 is 6.22. The van der Waals surface area contributed by atoms with Gasteiger partial charge in [-0.25, -0.2) is 5.90 Å². The Labute approximate surface area is 110 Å². The van der Waals surface area contributed by atoms with Gasteiger partial charge in [-0.05, 0) is 12.1 Å². The molecule has 0 radical (unpaired) electrons. The van der Waals surface area contributed by atoms with Gasteiger partial charge in [0.1, 0.15) is 11.1 Å². The van der Waals surface area contributed by atoms with Gasteiger partial charge in [0.2, 0.25) is 0 Å². The highest BCUT2D eigenvalue weighted by Gasteiger charge is 2.14. The lowest BCUT2D eigenvalue weighted by atomic mass is 10.1. The summed E-state index contributed by atoms with van der Waals surface area (Å²) in [5, 5.41) is 0. The zero-order valence-electron chi connectivity index (χ0n) is 8.52. The van der Waals surface area contributed by atoms with E-state index in [4.69, 9.17) is 0 Å². The highest BCUT2D eigenvalue weighted by atomic mass is 79.9. The molecule has 0 heterocycles. The molecule has 0 saturated carbocycles. The third kappa shape index (κ3) is 5.50. The van der Waals surface area contributed by atoms with Gasteiger partial charge in [-0.15, -0.1) is 0 Å². The zero-order chi connectivity index (χ0) is 12.6. The number of hydrogen-bond donors (Lipinski definition) is 1. The number of ketones is 1. The molecule has 0 fully saturated rings. The predicted molar refractivity (Wildman–Crippen MR) is 68.4 cm³/mol. The van der Waals surface area contributed by atoms with E-state index in [1.54, 1.807) is 24.3 Å². The van der Waals surface area contributed by atoms with E-state index >= 15 is 0 Å². The van der Waals surface area contributed by atoms with Crippen LogP contribution in [-0.2, 0) is 9.63 Å². The van der Waals surface area contributed by atoms with Gasteiger partial charge in [0.05, 0.1) is 7.11 Å². The van der Waals surface area contributed by atoms with Crippen LogP contribution in [0.2, 0.25) is 0 Å². The van der Waals surface area contributed by atoms with Crippen LogP contribution in [0.3, 0.4) is 0 Å². The Bertz CT molecular complexity index is 340. The number of alkyl halides is 1. The van der Waals surface area contributed by atoms with E-state index in [-0.39, 0.29) is 5.78 Å². The molecule has 6 heteroatoms. The summed E-state index contributed by atoms with van der Waals surface area (Å²) in [5.41, 5.74) is 0.525. The molecule has 16 heavy (non-hydrogen) atoms. The van der Waals surface area contributed by atoms with E-state index < -0.39 is 4.83 Å². The summed E-state index contributed by atoms with van der Waals surface area (Å²) in [4.78, 5) is 24.7. The maximum atomic E-state index is 11.4. The lowest BCUT2D eigenvalue weighted by molar-refractivity contribution is -0.106. The van der Waals surface area contributed by atoms with Crippen LogP contribution in [0.15, 0.2) is 28.7 Å². The fourth-order valence-corrected chi connectivity index (χ4v) is 1.36. The largest absolute Gasteiger partial charge is 0.308 e. The van der Waals surface area contributed by atoms with Crippen LogP contribution in [-0.4, -0.2) is 24.0 Å². The lowest BCUT2D eigenvalue weighted by Gasteiger charge is -2.00. The summed E-state index contributed by atoms with van der Waals surface area (Å²) in [6, 6.07) is 6.86. The molecule has 1 aromatic carbocycles. The Hall–Kier alpha value is -0.560. The van der Waals surface area contributed by atoms with Crippen LogP contribution in [0.4, 0.5) is 0 Å². The lowest BCUT2D eigenvalue weighted by Crippen LogP contribution is -2.14. The van der Waals surface area contributed by atoms with Gasteiger partial charge in [0, 0.05) is 10.0 Å². The SMILES string of the molecule is CON.O=CC(Br)C(=O)c1ccc(Br)cc1. The second kappa shape index (κ2) is 8.58. The Morgan fingerprint density at radius 3 is 2.25 bits per heavy atom. The van der Waals surface area contributed by atoms with Crippen molar-refractivity contribution < 1.29 is 14.4 Å². The molecule has 88 valence electrons. The number of rotatable bonds is 3. The fraction of sp³-hybridized carbons (Fsp3) is 0.200. The molecule has 0 spiro atoms. The van der Waals surface area contributed by atoms with Crippen LogP contribution in [0, 0.1) is 0 Å². The number of halogens is 2. The van der Waals surface area contributed by atoms with E-state index in [0.717, 1.165) is 4.47 Å². The number of nitrogens with two attached hydrogens (primary N) is 1. The van der Waals surface area contributed by atoms with Gasteiger partial charge in [-0.2, -0.15) is 0 Å². The molecule has 1 unspecified atom stereocenters. The summed E-state index contributed by atoms with van der Waals surface area (Å²) in [6.07, 6.45) is 0.574. The second-order valence-corrected chi connectivity index (χ2v) is 4.55. The minimum Gasteiger partial charge on any atom is -0.308 e. The molecular weight excluding hydrogens is 342 g/mol. The molecule has 4 nitrogen and oxygen atoms in total. The highest BCUT2D eigenvalue weighted by molar-refractivity contribution is 9.10. The average molecular weight is 353 g/mol. The average Bonchev–Trinajstić information content (AvgIpc) is 2.29.